The molecule has 1 heterocycles. The predicted octanol–water partition coefficient (Wildman–Crippen LogP) is 0.642. The summed E-state index contributed by atoms with van der Waals surface area (Å²) >= 11 is 5.79. The number of ether oxygens (including phenoxy) is 1. The van der Waals surface area contributed by atoms with Gasteiger partial charge in [0.25, 0.3) is 0 Å². The number of benzene rings is 1. The molecule has 0 bridgehead atoms. The second-order valence-corrected chi connectivity index (χ2v) is 4.38. The van der Waals surface area contributed by atoms with Crippen LogP contribution < -0.4 is 11.5 Å². The van der Waals surface area contributed by atoms with E-state index >= 15 is 0 Å². The zero-order valence-corrected chi connectivity index (χ0v) is 11.5. The van der Waals surface area contributed by atoms with Gasteiger partial charge in [-0.15, -0.1) is 5.10 Å². The molecule has 0 fully saturated rings. The average molecular weight is 297 g/mol. The fourth-order valence-corrected chi connectivity index (χ4v) is 1.77. The standard InChI is InChI=1S/C12H13ClN4O3/c1-2-20-10(18)7-16-12(19)17(14)11(15-16)8-3-5-9(13)6-4-8/h3-6H,2,7,14H2,1H3. The van der Waals surface area contributed by atoms with Crippen LogP contribution in [-0.2, 0) is 16.1 Å². The Morgan fingerprint density at radius 2 is 2.05 bits per heavy atom. The average Bonchev–Trinajstić information content (AvgIpc) is 2.68. The summed E-state index contributed by atoms with van der Waals surface area (Å²) in [7, 11) is 0. The first-order valence-electron chi connectivity index (χ1n) is 5.89. The lowest BCUT2D eigenvalue weighted by Crippen LogP contribution is -2.32. The van der Waals surface area contributed by atoms with Gasteiger partial charge in [-0.3, -0.25) is 4.79 Å². The molecule has 0 spiro atoms. The Kier molecular flexibility index (Phi) is 4.09. The number of carbonyl (C=O) groups excluding carboxylic acids is 1. The first-order chi connectivity index (χ1) is 9.52. The second-order valence-electron chi connectivity index (χ2n) is 3.95. The maximum absolute atomic E-state index is 11.9. The zero-order chi connectivity index (χ0) is 14.7. The summed E-state index contributed by atoms with van der Waals surface area (Å²) in [5, 5.41) is 4.59. The van der Waals surface area contributed by atoms with Crippen LogP contribution in [0.2, 0.25) is 5.02 Å². The van der Waals surface area contributed by atoms with E-state index in [2.05, 4.69) is 5.10 Å². The molecule has 7 nitrogen and oxygen atoms in total. The van der Waals surface area contributed by atoms with Crippen molar-refractivity contribution < 1.29 is 9.53 Å². The van der Waals surface area contributed by atoms with Gasteiger partial charge >= 0.3 is 11.7 Å². The normalized spacial score (nSPS) is 10.5. The number of nitrogen functional groups attached to an aromatic ring is 1. The number of nitrogens with two attached hydrogens (primary N) is 1. The van der Waals surface area contributed by atoms with Crippen LogP contribution in [0.25, 0.3) is 11.4 Å². The van der Waals surface area contributed by atoms with Gasteiger partial charge in [-0.2, -0.15) is 9.36 Å². The molecule has 20 heavy (non-hydrogen) atoms. The number of carbonyl (C=O) groups is 1. The van der Waals surface area contributed by atoms with Crippen LogP contribution in [0.5, 0.6) is 0 Å². The Hall–Kier alpha value is -2.28. The molecule has 0 atom stereocenters. The molecule has 106 valence electrons. The van der Waals surface area contributed by atoms with Gasteiger partial charge in [-0.25, -0.2) is 4.79 Å². The van der Waals surface area contributed by atoms with E-state index in [-0.39, 0.29) is 19.0 Å². The molecule has 1 aromatic carbocycles. The van der Waals surface area contributed by atoms with Gasteiger partial charge in [-0.05, 0) is 31.2 Å². The molecule has 8 heteroatoms. The van der Waals surface area contributed by atoms with Gasteiger partial charge < -0.3 is 10.6 Å². The van der Waals surface area contributed by atoms with Gasteiger partial charge in [0.15, 0.2) is 5.82 Å². The van der Waals surface area contributed by atoms with Gasteiger partial charge in [0.2, 0.25) is 0 Å². The van der Waals surface area contributed by atoms with E-state index in [1.807, 2.05) is 0 Å². The summed E-state index contributed by atoms with van der Waals surface area (Å²) < 4.78 is 6.60. The molecule has 0 amide bonds. The van der Waals surface area contributed by atoms with Crippen molar-refractivity contribution in [3.8, 4) is 11.4 Å². The molecule has 2 N–H and O–H groups in total. The maximum Gasteiger partial charge on any atom is 0.365 e. The van der Waals surface area contributed by atoms with Gasteiger partial charge in [0, 0.05) is 10.6 Å². The van der Waals surface area contributed by atoms with Crippen molar-refractivity contribution in [1.29, 1.82) is 0 Å². The highest BCUT2D eigenvalue weighted by Crippen LogP contribution is 2.17. The Bertz CT molecular complexity index is 675. The summed E-state index contributed by atoms with van der Waals surface area (Å²) in [5.74, 6) is 5.36. The van der Waals surface area contributed by atoms with Crippen molar-refractivity contribution in [2.75, 3.05) is 12.4 Å². The summed E-state index contributed by atoms with van der Waals surface area (Å²) in [4.78, 5) is 23.3. The number of hydrogen-bond donors (Lipinski definition) is 1. The molecule has 0 radical (unpaired) electrons. The largest absolute Gasteiger partial charge is 0.465 e. The molecule has 1 aromatic heterocycles. The minimum Gasteiger partial charge on any atom is -0.465 e. The number of halogens is 1. The second kappa shape index (κ2) is 5.79. The highest BCUT2D eigenvalue weighted by molar-refractivity contribution is 6.30. The third kappa shape index (κ3) is 2.83. The predicted molar refractivity (Wildman–Crippen MR) is 73.7 cm³/mol. The molecule has 0 aliphatic carbocycles. The van der Waals surface area contributed by atoms with Gasteiger partial charge in [0.1, 0.15) is 6.54 Å². The quantitative estimate of drug-likeness (QED) is 0.660. The molecule has 0 aliphatic rings. The number of rotatable bonds is 4. The number of aromatic nitrogens is 3. The summed E-state index contributed by atoms with van der Waals surface area (Å²) in [6.45, 7) is 1.64. The van der Waals surface area contributed by atoms with E-state index in [1.54, 1.807) is 31.2 Å². The molecular weight excluding hydrogens is 284 g/mol. The smallest absolute Gasteiger partial charge is 0.365 e. The maximum atomic E-state index is 11.9. The van der Waals surface area contributed by atoms with Gasteiger partial charge in [-0.1, -0.05) is 11.6 Å². The fourth-order valence-electron chi connectivity index (χ4n) is 1.65. The molecule has 0 saturated heterocycles. The monoisotopic (exact) mass is 296 g/mol. The Morgan fingerprint density at radius 3 is 2.65 bits per heavy atom. The van der Waals surface area contributed by atoms with E-state index in [9.17, 15) is 9.59 Å². The first kappa shape index (κ1) is 14.1. The summed E-state index contributed by atoms with van der Waals surface area (Å²) in [6, 6.07) is 6.68. The number of hydrogen-bond acceptors (Lipinski definition) is 5. The highest BCUT2D eigenvalue weighted by Gasteiger charge is 2.15. The van der Waals surface area contributed by atoms with E-state index in [0.29, 0.717) is 10.6 Å². The van der Waals surface area contributed by atoms with Crippen LogP contribution in [0.4, 0.5) is 0 Å². The van der Waals surface area contributed by atoms with Crippen molar-refractivity contribution in [2.45, 2.75) is 13.5 Å². The minimum atomic E-state index is -0.594. The fraction of sp³-hybridized carbons (Fsp3) is 0.250. The topological polar surface area (TPSA) is 92.1 Å². The van der Waals surface area contributed by atoms with E-state index in [0.717, 1.165) is 9.36 Å². The van der Waals surface area contributed by atoms with Crippen LogP contribution in [0, 0.1) is 0 Å². The molecular formula is C12H13ClN4O3. The van der Waals surface area contributed by atoms with E-state index in [1.165, 1.54) is 0 Å². The lowest BCUT2D eigenvalue weighted by Gasteiger charge is -2.00. The van der Waals surface area contributed by atoms with Crippen LogP contribution in [0.3, 0.4) is 0 Å². The highest BCUT2D eigenvalue weighted by atomic mass is 35.5. The molecule has 0 aliphatic heterocycles. The van der Waals surface area contributed by atoms with Crippen molar-refractivity contribution in [3.05, 3.63) is 39.8 Å². The molecule has 2 aromatic rings. The van der Waals surface area contributed by atoms with E-state index in [4.69, 9.17) is 22.2 Å². The molecule has 2 rings (SSSR count). The Morgan fingerprint density at radius 1 is 1.40 bits per heavy atom. The van der Waals surface area contributed by atoms with Crippen molar-refractivity contribution in [3.63, 3.8) is 0 Å². The van der Waals surface area contributed by atoms with Crippen molar-refractivity contribution in [2.24, 2.45) is 0 Å². The first-order valence-corrected chi connectivity index (χ1v) is 6.27. The van der Waals surface area contributed by atoms with Crippen molar-refractivity contribution in [1.82, 2.24) is 14.5 Å². The lowest BCUT2D eigenvalue weighted by atomic mass is 10.2. The van der Waals surface area contributed by atoms with Crippen LogP contribution in [-0.4, -0.2) is 27.0 Å². The van der Waals surface area contributed by atoms with Gasteiger partial charge in [0.05, 0.1) is 6.61 Å². The van der Waals surface area contributed by atoms with Crippen LogP contribution in [0.15, 0.2) is 29.1 Å². The number of esters is 1. The molecule has 0 saturated carbocycles. The SMILES string of the molecule is CCOC(=O)Cn1nc(-c2ccc(Cl)cc2)n(N)c1=O. The molecule has 0 unspecified atom stereocenters. The van der Waals surface area contributed by atoms with Crippen LogP contribution >= 0.6 is 11.6 Å². The third-order valence-electron chi connectivity index (χ3n) is 2.56. The minimum absolute atomic E-state index is 0.237. The Balaban J connectivity index is 2.35. The summed E-state index contributed by atoms with van der Waals surface area (Å²) in [5.41, 5.74) is 0.0274. The third-order valence-corrected chi connectivity index (χ3v) is 2.81. The zero-order valence-electron chi connectivity index (χ0n) is 10.7. The Labute approximate surface area is 119 Å². The number of nitrogens with zero attached hydrogens (tertiary/aromatic N) is 3. The van der Waals surface area contributed by atoms with Crippen LogP contribution in [0.1, 0.15) is 6.92 Å². The summed E-state index contributed by atoms with van der Waals surface area (Å²) in [6.07, 6.45) is 0. The van der Waals surface area contributed by atoms with E-state index < -0.39 is 11.7 Å². The lowest BCUT2D eigenvalue weighted by molar-refractivity contribution is -0.144. The van der Waals surface area contributed by atoms with Crippen molar-refractivity contribution >= 4 is 17.6 Å².